The Hall–Kier alpha value is 0.200. The summed E-state index contributed by atoms with van der Waals surface area (Å²) in [6, 6.07) is 0. The van der Waals surface area contributed by atoms with Crippen molar-refractivity contribution < 1.29 is 9.53 Å². The molecule has 0 fully saturated rings. The van der Waals surface area contributed by atoms with Crippen molar-refractivity contribution >= 4 is 28.6 Å². The van der Waals surface area contributed by atoms with E-state index in [9.17, 15) is 4.79 Å². The molecule has 0 amide bonds. The van der Waals surface area contributed by atoms with Gasteiger partial charge in [0.2, 0.25) is 0 Å². The van der Waals surface area contributed by atoms with E-state index in [2.05, 4.69) is 22.6 Å². The Labute approximate surface area is 94.6 Å². The quantitative estimate of drug-likeness (QED) is 0.453. The Morgan fingerprint density at radius 3 is 2.38 bits per heavy atom. The zero-order valence-corrected chi connectivity index (χ0v) is 11.1. The third-order valence-corrected chi connectivity index (χ3v) is 2.43. The van der Waals surface area contributed by atoms with Crippen LogP contribution >= 0.6 is 22.6 Å². The Bertz CT molecular complexity index is 161. The van der Waals surface area contributed by atoms with Crippen molar-refractivity contribution in [1.82, 2.24) is 0 Å². The Kier molecular flexibility index (Phi) is 5.92. The topological polar surface area (TPSA) is 26.3 Å². The van der Waals surface area contributed by atoms with E-state index in [1.165, 1.54) is 0 Å². The van der Waals surface area contributed by atoms with Gasteiger partial charge < -0.3 is 4.74 Å². The maximum atomic E-state index is 11.4. The van der Waals surface area contributed by atoms with Crippen LogP contribution in [0.4, 0.5) is 0 Å². The zero-order valence-electron chi connectivity index (χ0n) is 8.89. The average Bonchev–Trinajstić information content (AvgIpc) is 1.99. The minimum atomic E-state index is -0.376. The second-order valence-corrected chi connectivity index (χ2v) is 5.38. The van der Waals surface area contributed by atoms with Gasteiger partial charge in [-0.25, -0.2) is 0 Å². The van der Waals surface area contributed by atoms with Crippen LogP contribution in [0.5, 0.6) is 0 Å². The first-order valence-electron chi connectivity index (χ1n) is 4.65. The number of hydrogen-bond donors (Lipinski definition) is 0. The fraction of sp³-hybridized carbons (Fsp3) is 0.900. The molecular weight excluding hydrogens is 279 g/mol. The van der Waals surface area contributed by atoms with Crippen LogP contribution in [-0.2, 0) is 9.53 Å². The van der Waals surface area contributed by atoms with Gasteiger partial charge >= 0.3 is 5.97 Å². The van der Waals surface area contributed by atoms with Crippen molar-refractivity contribution in [3.8, 4) is 0 Å². The van der Waals surface area contributed by atoms with Gasteiger partial charge in [-0.05, 0) is 45.0 Å². The number of esters is 1. The molecule has 0 bridgehead atoms. The van der Waals surface area contributed by atoms with Gasteiger partial charge in [0.15, 0.2) is 0 Å². The van der Waals surface area contributed by atoms with E-state index in [4.69, 9.17) is 4.74 Å². The molecule has 0 aliphatic heterocycles. The molecule has 3 heteroatoms. The van der Waals surface area contributed by atoms with Crippen LogP contribution < -0.4 is 0 Å². The Balaban J connectivity index is 3.79. The van der Waals surface area contributed by atoms with Crippen molar-refractivity contribution in [3.05, 3.63) is 0 Å². The number of halogens is 1. The second-order valence-electron chi connectivity index (χ2n) is 4.30. The normalized spacial score (nSPS) is 13.9. The van der Waals surface area contributed by atoms with Crippen LogP contribution in [0.25, 0.3) is 0 Å². The molecular formula is C10H19IO2. The van der Waals surface area contributed by atoms with Gasteiger partial charge in [0.25, 0.3) is 0 Å². The summed E-state index contributed by atoms with van der Waals surface area (Å²) in [7, 11) is 0. The second kappa shape index (κ2) is 5.83. The molecule has 0 aliphatic rings. The van der Waals surface area contributed by atoms with Crippen molar-refractivity contribution in [1.29, 1.82) is 0 Å². The molecule has 13 heavy (non-hydrogen) atoms. The minimum absolute atomic E-state index is 0.0569. The molecule has 78 valence electrons. The van der Waals surface area contributed by atoms with Crippen LogP contribution in [0.2, 0.25) is 0 Å². The highest BCUT2D eigenvalue weighted by atomic mass is 127. The van der Waals surface area contributed by atoms with Crippen LogP contribution in [-0.4, -0.2) is 16.5 Å². The highest BCUT2D eigenvalue weighted by molar-refractivity contribution is 14.1. The molecule has 0 rings (SSSR count). The van der Waals surface area contributed by atoms with Gasteiger partial charge in [0.05, 0.1) is 11.5 Å². The van der Waals surface area contributed by atoms with Crippen molar-refractivity contribution in [2.45, 2.75) is 46.6 Å². The summed E-state index contributed by atoms with van der Waals surface area (Å²) >= 11 is 2.33. The summed E-state index contributed by atoms with van der Waals surface area (Å²) < 4.78 is 6.39. The highest BCUT2D eigenvalue weighted by Gasteiger charge is 2.24. The lowest BCUT2D eigenvalue weighted by atomic mass is 9.97. The zero-order chi connectivity index (χ0) is 10.5. The SMILES string of the molecule is CC(CCCI)OC(=O)C(C)(C)C. The first-order chi connectivity index (χ1) is 5.88. The maximum absolute atomic E-state index is 11.4. The van der Waals surface area contributed by atoms with Gasteiger partial charge in [-0.1, -0.05) is 22.6 Å². The van der Waals surface area contributed by atoms with Crippen LogP contribution in [0.1, 0.15) is 40.5 Å². The van der Waals surface area contributed by atoms with Crippen LogP contribution in [0, 0.1) is 5.41 Å². The van der Waals surface area contributed by atoms with E-state index in [0.717, 1.165) is 17.3 Å². The number of carbonyl (C=O) groups is 1. The number of hydrogen-bond acceptors (Lipinski definition) is 2. The fourth-order valence-corrected chi connectivity index (χ4v) is 1.22. The average molecular weight is 298 g/mol. The fourth-order valence-electron chi connectivity index (χ4n) is 0.783. The first-order valence-corrected chi connectivity index (χ1v) is 6.17. The Morgan fingerprint density at radius 1 is 1.46 bits per heavy atom. The molecule has 0 aromatic rings. The summed E-state index contributed by atoms with van der Waals surface area (Å²) in [5.74, 6) is -0.103. The molecule has 0 aromatic heterocycles. The molecule has 0 saturated carbocycles. The molecule has 2 nitrogen and oxygen atoms in total. The molecule has 0 N–H and O–H groups in total. The third-order valence-electron chi connectivity index (χ3n) is 1.66. The molecule has 0 aromatic carbocycles. The molecule has 1 unspecified atom stereocenters. The van der Waals surface area contributed by atoms with E-state index in [0.29, 0.717) is 0 Å². The van der Waals surface area contributed by atoms with E-state index in [1.807, 2.05) is 27.7 Å². The largest absolute Gasteiger partial charge is 0.462 e. The molecule has 0 radical (unpaired) electrons. The van der Waals surface area contributed by atoms with E-state index in [1.54, 1.807) is 0 Å². The van der Waals surface area contributed by atoms with E-state index < -0.39 is 0 Å². The van der Waals surface area contributed by atoms with Crippen molar-refractivity contribution in [2.24, 2.45) is 5.41 Å². The predicted octanol–water partition coefficient (Wildman–Crippen LogP) is 3.18. The van der Waals surface area contributed by atoms with Gasteiger partial charge in [0.1, 0.15) is 0 Å². The van der Waals surface area contributed by atoms with Gasteiger partial charge in [-0.2, -0.15) is 0 Å². The first kappa shape index (κ1) is 13.2. The summed E-state index contributed by atoms with van der Waals surface area (Å²) in [5.41, 5.74) is -0.376. The minimum Gasteiger partial charge on any atom is -0.462 e. The van der Waals surface area contributed by atoms with Crippen molar-refractivity contribution in [2.75, 3.05) is 4.43 Å². The molecule has 0 heterocycles. The van der Waals surface area contributed by atoms with Crippen LogP contribution in [0.3, 0.4) is 0 Å². The summed E-state index contributed by atoms with van der Waals surface area (Å²) in [6.45, 7) is 7.58. The monoisotopic (exact) mass is 298 g/mol. The summed E-state index contributed by atoms with van der Waals surface area (Å²) in [6.07, 6.45) is 2.13. The lowest BCUT2D eigenvalue weighted by Crippen LogP contribution is -2.26. The number of alkyl halides is 1. The lowest BCUT2D eigenvalue weighted by molar-refractivity contribution is -0.158. The number of carbonyl (C=O) groups excluding carboxylic acids is 1. The smallest absolute Gasteiger partial charge is 0.311 e. The highest BCUT2D eigenvalue weighted by Crippen LogP contribution is 2.17. The van der Waals surface area contributed by atoms with Crippen molar-refractivity contribution in [3.63, 3.8) is 0 Å². The predicted molar refractivity (Wildman–Crippen MR) is 63.1 cm³/mol. The molecule has 0 saturated heterocycles. The molecule has 0 aliphatic carbocycles. The third kappa shape index (κ3) is 6.29. The standard InChI is InChI=1S/C10H19IO2/c1-8(6-5-7-11)13-9(12)10(2,3)4/h8H,5-7H2,1-4H3. The van der Waals surface area contributed by atoms with E-state index >= 15 is 0 Å². The summed E-state index contributed by atoms with van der Waals surface area (Å²) in [5, 5.41) is 0. The van der Waals surface area contributed by atoms with E-state index in [-0.39, 0.29) is 17.5 Å². The maximum Gasteiger partial charge on any atom is 0.311 e. The molecule has 1 atom stereocenters. The van der Waals surface area contributed by atoms with Crippen LogP contribution in [0.15, 0.2) is 0 Å². The van der Waals surface area contributed by atoms with Gasteiger partial charge in [0, 0.05) is 0 Å². The van der Waals surface area contributed by atoms with Gasteiger partial charge in [-0.3, -0.25) is 4.79 Å². The van der Waals surface area contributed by atoms with Gasteiger partial charge in [-0.15, -0.1) is 0 Å². The Morgan fingerprint density at radius 2 is 2.00 bits per heavy atom. The number of rotatable bonds is 4. The lowest BCUT2D eigenvalue weighted by Gasteiger charge is -2.20. The summed E-state index contributed by atoms with van der Waals surface area (Å²) in [4.78, 5) is 11.4. The molecule has 0 spiro atoms. The number of ether oxygens (including phenoxy) is 1.